The standard InChI is InChI=1S/C51H42N4/c1-34-26-43(20-25-46(34)49-54-47(41-8-4-2-5-9-41)53-48(55-49)42-10-6-3-7-11-42)40-18-23-45(24-19-40)51-30-36-27-37(31-51)29-50(28-36,33-51)44-21-16-39(17-22-44)38-14-12-35(32-52)13-15-38/h2-26,36-37H,27-31,33H2,1H3. The van der Waals surface area contributed by atoms with Crippen LogP contribution in [0.15, 0.2) is 152 Å². The molecule has 0 radical (unpaired) electrons. The van der Waals surface area contributed by atoms with Crippen LogP contribution in [-0.4, -0.2) is 15.0 Å². The topological polar surface area (TPSA) is 62.5 Å². The Morgan fingerprint density at radius 3 is 1.40 bits per heavy atom. The van der Waals surface area contributed by atoms with Crippen molar-refractivity contribution in [1.82, 2.24) is 15.0 Å². The summed E-state index contributed by atoms with van der Waals surface area (Å²) in [5.41, 5.74) is 13.1. The lowest BCUT2D eigenvalue weighted by atomic mass is 9.41. The quantitative estimate of drug-likeness (QED) is 0.165. The molecule has 4 nitrogen and oxygen atoms in total. The number of benzene rings is 6. The van der Waals surface area contributed by atoms with Gasteiger partial charge < -0.3 is 0 Å². The minimum absolute atomic E-state index is 0.236. The van der Waals surface area contributed by atoms with Crippen LogP contribution in [-0.2, 0) is 10.8 Å². The second kappa shape index (κ2) is 13.3. The lowest BCUT2D eigenvalue weighted by Crippen LogP contribution is -2.55. The zero-order valence-corrected chi connectivity index (χ0v) is 31.1. The molecule has 4 heteroatoms. The minimum atomic E-state index is 0.236. The zero-order valence-electron chi connectivity index (χ0n) is 31.1. The van der Waals surface area contributed by atoms with Gasteiger partial charge in [-0.2, -0.15) is 5.26 Å². The van der Waals surface area contributed by atoms with Crippen LogP contribution in [0.5, 0.6) is 0 Å². The van der Waals surface area contributed by atoms with E-state index in [1.807, 2.05) is 72.8 Å². The molecule has 1 heterocycles. The number of aromatic nitrogens is 3. The van der Waals surface area contributed by atoms with Gasteiger partial charge in [0.1, 0.15) is 0 Å². The van der Waals surface area contributed by atoms with E-state index < -0.39 is 0 Å². The molecule has 4 saturated carbocycles. The second-order valence-electron chi connectivity index (χ2n) is 16.4. The van der Waals surface area contributed by atoms with Crippen molar-refractivity contribution >= 4 is 0 Å². The van der Waals surface area contributed by atoms with Gasteiger partial charge in [0.25, 0.3) is 0 Å². The maximum Gasteiger partial charge on any atom is 0.164 e. The Bertz CT molecular complexity index is 2480. The van der Waals surface area contributed by atoms with E-state index in [1.165, 1.54) is 66.3 Å². The molecule has 4 aliphatic rings. The van der Waals surface area contributed by atoms with E-state index in [9.17, 15) is 5.26 Å². The molecular formula is C51H42N4. The van der Waals surface area contributed by atoms with Crippen molar-refractivity contribution in [3.63, 3.8) is 0 Å². The molecule has 2 atom stereocenters. The van der Waals surface area contributed by atoms with Gasteiger partial charge in [-0.3, -0.25) is 0 Å². The average molecular weight is 711 g/mol. The van der Waals surface area contributed by atoms with Crippen LogP contribution >= 0.6 is 0 Å². The normalized spacial score (nSPS) is 22.3. The number of hydrogen-bond donors (Lipinski definition) is 0. The van der Waals surface area contributed by atoms with E-state index in [4.69, 9.17) is 15.0 Å². The summed E-state index contributed by atoms with van der Waals surface area (Å²) in [5.74, 6) is 3.61. The first-order valence-electron chi connectivity index (χ1n) is 19.7. The molecule has 11 rings (SSSR count). The molecule has 7 aromatic rings. The summed E-state index contributed by atoms with van der Waals surface area (Å²) in [7, 11) is 0. The fourth-order valence-electron chi connectivity index (χ4n) is 10.7. The third kappa shape index (κ3) is 6.05. The summed E-state index contributed by atoms with van der Waals surface area (Å²) in [6.45, 7) is 2.16. The van der Waals surface area contributed by atoms with Crippen LogP contribution < -0.4 is 0 Å². The Labute approximate surface area is 323 Å². The maximum atomic E-state index is 9.23. The van der Waals surface area contributed by atoms with Crippen molar-refractivity contribution in [2.24, 2.45) is 11.8 Å². The number of nitriles is 1. The monoisotopic (exact) mass is 710 g/mol. The van der Waals surface area contributed by atoms with E-state index in [0.29, 0.717) is 23.0 Å². The van der Waals surface area contributed by atoms with Crippen LogP contribution in [0, 0.1) is 30.1 Å². The molecule has 55 heavy (non-hydrogen) atoms. The van der Waals surface area contributed by atoms with E-state index in [0.717, 1.165) is 39.7 Å². The SMILES string of the molecule is Cc1cc(-c2ccc(C34CC5CC(CC(c6ccc(-c7ccc(C#N)cc7)cc6)(C5)C3)C4)cc2)ccc1-c1nc(-c2ccccc2)nc(-c2ccccc2)n1. The zero-order chi connectivity index (χ0) is 37.0. The molecule has 0 aliphatic heterocycles. The third-order valence-corrected chi connectivity index (χ3v) is 12.9. The predicted molar refractivity (Wildman–Crippen MR) is 221 cm³/mol. The van der Waals surface area contributed by atoms with Crippen LogP contribution in [0.1, 0.15) is 60.8 Å². The van der Waals surface area contributed by atoms with Gasteiger partial charge in [-0.1, -0.05) is 140 Å². The smallest absolute Gasteiger partial charge is 0.164 e. The Morgan fingerprint density at radius 2 is 0.927 bits per heavy atom. The molecule has 4 bridgehead atoms. The van der Waals surface area contributed by atoms with E-state index in [-0.39, 0.29) is 10.8 Å². The Balaban J connectivity index is 0.928. The summed E-state index contributed by atoms with van der Waals surface area (Å²) in [6.07, 6.45) is 7.86. The van der Waals surface area contributed by atoms with Gasteiger partial charge in [-0.25, -0.2) is 15.0 Å². The third-order valence-electron chi connectivity index (χ3n) is 12.9. The highest BCUT2D eigenvalue weighted by Gasteiger charge is 2.58. The van der Waals surface area contributed by atoms with E-state index in [2.05, 4.69) is 91.9 Å². The first-order chi connectivity index (χ1) is 27.0. The highest BCUT2D eigenvalue weighted by atomic mass is 15.0. The van der Waals surface area contributed by atoms with Gasteiger partial charge in [0.05, 0.1) is 11.6 Å². The fourth-order valence-corrected chi connectivity index (χ4v) is 10.7. The molecule has 0 N–H and O–H groups in total. The van der Waals surface area contributed by atoms with Gasteiger partial charge in [0.2, 0.25) is 0 Å². The first-order valence-corrected chi connectivity index (χ1v) is 19.7. The molecule has 266 valence electrons. The van der Waals surface area contributed by atoms with Crippen LogP contribution in [0.2, 0.25) is 0 Å². The number of hydrogen-bond acceptors (Lipinski definition) is 4. The van der Waals surface area contributed by atoms with Crippen LogP contribution in [0.4, 0.5) is 0 Å². The average Bonchev–Trinajstić information content (AvgIpc) is 3.24. The van der Waals surface area contributed by atoms with Crippen molar-refractivity contribution in [1.29, 1.82) is 5.26 Å². The van der Waals surface area contributed by atoms with Crippen LogP contribution in [0.25, 0.3) is 56.4 Å². The van der Waals surface area contributed by atoms with Gasteiger partial charge >= 0.3 is 0 Å². The molecule has 2 unspecified atom stereocenters. The highest BCUT2D eigenvalue weighted by molar-refractivity contribution is 5.73. The summed E-state index contributed by atoms with van der Waals surface area (Å²) < 4.78 is 0. The molecule has 0 saturated heterocycles. The maximum absolute atomic E-state index is 9.23. The van der Waals surface area contributed by atoms with Gasteiger partial charge in [-0.05, 0) is 119 Å². The van der Waals surface area contributed by atoms with E-state index >= 15 is 0 Å². The van der Waals surface area contributed by atoms with Crippen molar-refractivity contribution in [3.8, 4) is 62.5 Å². The lowest BCUT2D eigenvalue weighted by molar-refractivity contribution is -0.0281. The molecular weight excluding hydrogens is 669 g/mol. The largest absolute Gasteiger partial charge is 0.208 e. The van der Waals surface area contributed by atoms with Gasteiger partial charge in [0.15, 0.2) is 17.5 Å². The second-order valence-corrected chi connectivity index (χ2v) is 16.4. The van der Waals surface area contributed by atoms with Gasteiger partial charge in [0, 0.05) is 16.7 Å². The Hall–Kier alpha value is -6.18. The number of rotatable bonds is 7. The first kappa shape index (κ1) is 33.4. The van der Waals surface area contributed by atoms with Crippen molar-refractivity contribution in [2.75, 3.05) is 0 Å². The molecule has 1 aromatic heterocycles. The van der Waals surface area contributed by atoms with E-state index in [1.54, 1.807) is 0 Å². The molecule has 0 spiro atoms. The van der Waals surface area contributed by atoms with Crippen molar-refractivity contribution in [3.05, 3.63) is 174 Å². The van der Waals surface area contributed by atoms with Crippen molar-refractivity contribution in [2.45, 2.75) is 56.3 Å². The summed E-state index contributed by atoms with van der Waals surface area (Å²) in [6, 6.07) is 56.2. The lowest BCUT2D eigenvalue weighted by Gasteiger charge is -2.63. The number of nitrogens with zero attached hydrogens (tertiary/aromatic N) is 4. The minimum Gasteiger partial charge on any atom is -0.208 e. The van der Waals surface area contributed by atoms with Gasteiger partial charge in [-0.15, -0.1) is 0 Å². The summed E-state index contributed by atoms with van der Waals surface area (Å²) in [4.78, 5) is 14.8. The molecule has 6 aromatic carbocycles. The molecule has 4 aliphatic carbocycles. The number of aryl methyl sites for hydroxylation is 1. The van der Waals surface area contributed by atoms with Crippen molar-refractivity contribution < 1.29 is 0 Å². The Morgan fingerprint density at radius 1 is 0.491 bits per heavy atom. The predicted octanol–water partition coefficient (Wildman–Crippen LogP) is 12.2. The fraction of sp³-hybridized carbons (Fsp3) is 0.216. The summed E-state index contributed by atoms with van der Waals surface area (Å²) >= 11 is 0. The highest BCUT2D eigenvalue weighted by Crippen LogP contribution is 2.66. The Kier molecular flexibility index (Phi) is 8.07. The molecule has 0 amide bonds. The summed E-state index contributed by atoms with van der Waals surface area (Å²) in [5, 5.41) is 9.23. The molecule has 4 fully saturated rings. The van der Waals surface area contributed by atoms with Crippen LogP contribution in [0.3, 0.4) is 0 Å².